The standard InChI is InChI=1S/C28H31N3O4/c1-5-18-35-24-9-7-6-8-23(24)27(34)31-30-26(33)20-12-16-22(17-13-20)29-25(32)19-10-14-21(15-11-19)28(2,3)4/h6-17H,5,18H2,1-4H3,(H,29,32)(H,30,33)(H,31,34). The van der Waals surface area contributed by atoms with Crippen molar-refractivity contribution in [2.45, 2.75) is 39.5 Å². The summed E-state index contributed by atoms with van der Waals surface area (Å²) < 4.78 is 5.59. The van der Waals surface area contributed by atoms with E-state index in [1.54, 1.807) is 60.7 Å². The monoisotopic (exact) mass is 473 g/mol. The minimum Gasteiger partial charge on any atom is -0.493 e. The molecule has 7 heteroatoms. The van der Waals surface area contributed by atoms with Gasteiger partial charge in [-0.2, -0.15) is 0 Å². The molecule has 182 valence electrons. The Hall–Kier alpha value is -4.13. The van der Waals surface area contributed by atoms with Gasteiger partial charge in [-0.25, -0.2) is 0 Å². The minimum atomic E-state index is -0.485. The number of hydrazine groups is 1. The Bertz CT molecular complexity index is 1180. The van der Waals surface area contributed by atoms with Gasteiger partial charge in [0, 0.05) is 16.8 Å². The van der Waals surface area contributed by atoms with Gasteiger partial charge in [-0.3, -0.25) is 25.2 Å². The normalized spacial score (nSPS) is 10.9. The molecule has 0 heterocycles. The summed E-state index contributed by atoms with van der Waals surface area (Å²) in [6.07, 6.45) is 0.812. The third-order valence-corrected chi connectivity index (χ3v) is 5.30. The van der Waals surface area contributed by atoms with E-state index in [0.717, 1.165) is 12.0 Å². The molecule has 0 atom stereocenters. The molecule has 0 aliphatic heterocycles. The van der Waals surface area contributed by atoms with Crippen LogP contribution in [-0.2, 0) is 5.41 Å². The van der Waals surface area contributed by atoms with Crippen LogP contribution >= 0.6 is 0 Å². The number of amides is 3. The van der Waals surface area contributed by atoms with Crippen LogP contribution in [0.5, 0.6) is 5.75 Å². The van der Waals surface area contributed by atoms with Gasteiger partial charge in [0.1, 0.15) is 5.75 Å². The van der Waals surface area contributed by atoms with Crippen molar-refractivity contribution in [2.24, 2.45) is 0 Å². The number of ether oxygens (including phenoxy) is 1. The summed E-state index contributed by atoms with van der Waals surface area (Å²) in [4.78, 5) is 37.5. The summed E-state index contributed by atoms with van der Waals surface area (Å²) in [7, 11) is 0. The second-order valence-corrected chi connectivity index (χ2v) is 9.11. The number of benzene rings is 3. The van der Waals surface area contributed by atoms with Crippen LogP contribution in [0.1, 0.15) is 70.8 Å². The molecule has 35 heavy (non-hydrogen) atoms. The first-order chi connectivity index (χ1) is 16.7. The topological polar surface area (TPSA) is 96.5 Å². The van der Waals surface area contributed by atoms with Crippen molar-refractivity contribution in [1.29, 1.82) is 0 Å². The summed E-state index contributed by atoms with van der Waals surface area (Å²) in [5.74, 6) is -0.750. The van der Waals surface area contributed by atoms with Gasteiger partial charge in [-0.1, -0.05) is 52.0 Å². The van der Waals surface area contributed by atoms with E-state index in [1.165, 1.54) is 0 Å². The van der Waals surface area contributed by atoms with E-state index < -0.39 is 11.8 Å². The summed E-state index contributed by atoms with van der Waals surface area (Å²) in [5, 5.41) is 2.82. The highest BCUT2D eigenvalue weighted by Crippen LogP contribution is 2.22. The number of carbonyl (C=O) groups is 3. The van der Waals surface area contributed by atoms with Crippen LogP contribution in [0.4, 0.5) is 5.69 Å². The molecular formula is C28H31N3O4. The van der Waals surface area contributed by atoms with Crippen LogP contribution in [-0.4, -0.2) is 24.3 Å². The van der Waals surface area contributed by atoms with Gasteiger partial charge >= 0.3 is 0 Å². The molecule has 0 saturated heterocycles. The second kappa shape index (κ2) is 11.3. The number of rotatable bonds is 7. The average Bonchev–Trinajstić information content (AvgIpc) is 2.86. The molecule has 0 unspecified atom stereocenters. The fraction of sp³-hybridized carbons (Fsp3) is 0.250. The predicted molar refractivity (Wildman–Crippen MR) is 137 cm³/mol. The summed E-state index contributed by atoms with van der Waals surface area (Å²) in [6, 6.07) is 20.7. The van der Waals surface area contributed by atoms with Crippen molar-refractivity contribution in [2.75, 3.05) is 11.9 Å². The molecule has 0 radical (unpaired) electrons. The van der Waals surface area contributed by atoms with E-state index in [-0.39, 0.29) is 11.3 Å². The van der Waals surface area contributed by atoms with Gasteiger partial charge in [-0.15, -0.1) is 0 Å². The first-order valence-corrected chi connectivity index (χ1v) is 11.5. The number of carbonyl (C=O) groups excluding carboxylic acids is 3. The molecule has 0 spiro atoms. The Balaban J connectivity index is 1.56. The molecule has 3 N–H and O–H groups in total. The SMILES string of the molecule is CCCOc1ccccc1C(=O)NNC(=O)c1ccc(NC(=O)c2ccc(C(C)(C)C)cc2)cc1. The van der Waals surface area contributed by atoms with E-state index in [0.29, 0.717) is 34.7 Å². The van der Waals surface area contributed by atoms with Crippen LogP contribution in [0.3, 0.4) is 0 Å². The van der Waals surface area contributed by atoms with E-state index >= 15 is 0 Å². The Morgan fingerprint density at radius 3 is 1.94 bits per heavy atom. The van der Waals surface area contributed by atoms with E-state index in [9.17, 15) is 14.4 Å². The number of hydrogen-bond donors (Lipinski definition) is 3. The molecule has 0 aliphatic rings. The summed E-state index contributed by atoms with van der Waals surface area (Å²) in [6.45, 7) is 8.82. The molecule has 0 saturated carbocycles. The summed E-state index contributed by atoms with van der Waals surface area (Å²) >= 11 is 0. The lowest BCUT2D eigenvalue weighted by Gasteiger charge is -2.19. The molecule has 3 rings (SSSR count). The third kappa shape index (κ3) is 6.93. The second-order valence-electron chi connectivity index (χ2n) is 9.11. The molecule has 7 nitrogen and oxygen atoms in total. The maximum Gasteiger partial charge on any atom is 0.273 e. The van der Waals surface area contributed by atoms with E-state index in [1.807, 2.05) is 19.1 Å². The largest absolute Gasteiger partial charge is 0.493 e. The number of anilines is 1. The Morgan fingerprint density at radius 2 is 1.31 bits per heavy atom. The van der Waals surface area contributed by atoms with Crippen molar-refractivity contribution in [3.8, 4) is 5.75 Å². The van der Waals surface area contributed by atoms with Crippen LogP contribution in [0.2, 0.25) is 0 Å². The van der Waals surface area contributed by atoms with E-state index in [4.69, 9.17) is 4.74 Å². The molecule has 0 aromatic heterocycles. The highest BCUT2D eigenvalue weighted by Gasteiger charge is 2.15. The average molecular weight is 474 g/mol. The third-order valence-electron chi connectivity index (χ3n) is 5.30. The Morgan fingerprint density at radius 1 is 0.743 bits per heavy atom. The Labute approximate surface area is 205 Å². The van der Waals surface area contributed by atoms with E-state index in [2.05, 4.69) is 36.9 Å². The van der Waals surface area contributed by atoms with Crippen molar-refractivity contribution in [3.63, 3.8) is 0 Å². The van der Waals surface area contributed by atoms with Crippen LogP contribution < -0.4 is 20.9 Å². The lowest BCUT2D eigenvalue weighted by atomic mass is 9.87. The molecule has 0 fully saturated rings. The van der Waals surface area contributed by atoms with Gasteiger partial charge in [0.2, 0.25) is 0 Å². The van der Waals surface area contributed by atoms with Crippen molar-refractivity contribution in [3.05, 3.63) is 95.1 Å². The lowest BCUT2D eigenvalue weighted by Crippen LogP contribution is -2.41. The summed E-state index contributed by atoms with van der Waals surface area (Å²) in [5.41, 5.74) is 7.73. The number of nitrogens with one attached hydrogen (secondary N) is 3. The van der Waals surface area contributed by atoms with Gasteiger partial charge < -0.3 is 10.1 Å². The molecule has 0 aliphatic carbocycles. The number of hydrogen-bond acceptors (Lipinski definition) is 4. The molecule has 3 amide bonds. The maximum atomic E-state index is 12.6. The minimum absolute atomic E-state index is 0.0110. The highest BCUT2D eigenvalue weighted by molar-refractivity contribution is 6.05. The van der Waals surface area contributed by atoms with Gasteiger partial charge in [0.15, 0.2) is 0 Å². The van der Waals surface area contributed by atoms with Gasteiger partial charge in [0.25, 0.3) is 17.7 Å². The number of para-hydroxylation sites is 1. The Kier molecular flexibility index (Phi) is 8.25. The first kappa shape index (κ1) is 25.5. The molecule has 3 aromatic rings. The van der Waals surface area contributed by atoms with Crippen molar-refractivity contribution >= 4 is 23.4 Å². The van der Waals surface area contributed by atoms with Crippen LogP contribution in [0.25, 0.3) is 0 Å². The molecule has 3 aromatic carbocycles. The predicted octanol–water partition coefficient (Wildman–Crippen LogP) is 5.10. The fourth-order valence-electron chi connectivity index (χ4n) is 3.27. The van der Waals surface area contributed by atoms with Crippen molar-refractivity contribution < 1.29 is 19.1 Å². The molecule has 0 bridgehead atoms. The smallest absolute Gasteiger partial charge is 0.273 e. The van der Waals surface area contributed by atoms with Crippen LogP contribution in [0, 0.1) is 0 Å². The zero-order chi connectivity index (χ0) is 25.4. The lowest BCUT2D eigenvalue weighted by molar-refractivity contribution is 0.0844. The fourth-order valence-corrected chi connectivity index (χ4v) is 3.27. The van der Waals surface area contributed by atoms with Crippen molar-refractivity contribution in [1.82, 2.24) is 10.9 Å². The van der Waals surface area contributed by atoms with Gasteiger partial charge in [0.05, 0.1) is 12.2 Å². The highest BCUT2D eigenvalue weighted by atomic mass is 16.5. The molecular weight excluding hydrogens is 442 g/mol. The first-order valence-electron chi connectivity index (χ1n) is 11.5. The van der Waals surface area contributed by atoms with Gasteiger partial charge in [-0.05, 0) is 65.9 Å². The maximum absolute atomic E-state index is 12.6. The quantitative estimate of drug-likeness (QED) is 0.416. The zero-order valence-electron chi connectivity index (χ0n) is 20.5. The zero-order valence-corrected chi connectivity index (χ0v) is 20.5. The van der Waals surface area contributed by atoms with Crippen LogP contribution in [0.15, 0.2) is 72.8 Å².